The molecule has 2 fully saturated rings. The third kappa shape index (κ3) is 3.36. The molecule has 0 N–H and O–H groups in total. The van der Waals surface area contributed by atoms with E-state index in [2.05, 4.69) is 44.5 Å². The van der Waals surface area contributed by atoms with Crippen LogP contribution in [0.2, 0.25) is 0 Å². The number of aromatic nitrogens is 2. The molecule has 1 aliphatic carbocycles. The molecule has 2 aromatic heterocycles. The Morgan fingerprint density at radius 2 is 2.17 bits per heavy atom. The largest absolute Gasteiger partial charge is 0.297 e. The summed E-state index contributed by atoms with van der Waals surface area (Å²) >= 11 is 3.53. The summed E-state index contributed by atoms with van der Waals surface area (Å²) in [7, 11) is 2.27. The number of likely N-dealkylation sites (tertiary alicyclic amines) is 1. The van der Waals surface area contributed by atoms with E-state index in [1.807, 2.05) is 6.20 Å². The molecule has 0 bridgehead atoms. The number of piperidine rings is 1. The topological polar surface area (TPSA) is 32.3 Å². The maximum absolute atomic E-state index is 4.60. The van der Waals surface area contributed by atoms with Crippen LogP contribution in [0.5, 0.6) is 0 Å². The van der Waals surface area contributed by atoms with Gasteiger partial charge in [-0.15, -0.1) is 22.7 Å². The summed E-state index contributed by atoms with van der Waals surface area (Å²) in [5.41, 5.74) is 1.83. The SMILES string of the molecule is Cc1nc(CN2CCC3(CC2)C[C@@H]3N(C)Cc2nccs2)cs1. The van der Waals surface area contributed by atoms with Crippen LogP contribution >= 0.6 is 22.7 Å². The Bertz CT molecular complexity index is 643. The Labute approximate surface area is 146 Å². The number of aryl methyl sites for hydroxylation is 1. The molecule has 4 rings (SSSR count). The van der Waals surface area contributed by atoms with Crippen molar-refractivity contribution >= 4 is 22.7 Å². The lowest BCUT2D eigenvalue weighted by atomic mass is 9.92. The molecule has 1 aliphatic heterocycles. The van der Waals surface area contributed by atoms with Crippen LogP contribution in [0.4, 0.5) is 0 Å². The van der Waals surface area contributed by atoms with Crippen LogP contribution in [0, 0.1) is 12.3 Å². The van der Waals surface area contributed by atoms with Crippen molar-refractivity contribution in [2.75, 3.05) is 20.1 Å². The van der Waals surface area contributed by atoms with E-state index in [0.29, 0.717) is 5.41 Å². The summed E-state index contributed by atoms with van der Waals surface area (Å²) < 4.78 is 0. The van der Waals surface area contributed by atoms with Crippen molar-refractivity contribution in [2.45, 2.75) is 45.3 Å². The Morgan fingerprint density at radius 3 is 2.83 bits per heavy atom. The number of rotatable bonds is 5. The highest BCUT2D eigenvalue weighted by molar-refractivity contribution is 7.09. The van der Waals surface area contributed by atoms with Gasteiger partial charge < -0.3 is 0 Å². The van der Waals surface area contributed by atoms with Crippen LogP contribution in [0.25, 0.3) is 0 Å². The fourth-order valence-electron chi connectivity index (χ4n) is 4.01. The normalized spacial score (nSPS) is 23.7. The molecule has 1 saturated heterocycles. The Balaban J connectivity index is 1.28. The smallest absolute Gasteiger partial charge is 0.107 e. The number of nitrogens with zero attached hydrogens (tertiary/aromatic N) is 4. The molecule has 0 aromatic carbocycles. The first kappa shape index (κ1) is 15.7. The van der Waals surface area contributed by atoms with Gasteiger partial charge in [0.2, 0.25) is 0 Å². The highest BCUT2D eigenvalue weighted by Gasteiger charge is 2.56. The minimum Gasteiger partial charge on any atom is -0.297 e. The minimum atomic E-state index is 0.584. The van der Waals surface area contributed by atoms with Gasteiger partial charge in [-0.2, -0.15) is 0 Å². The van der Waals surface area contributed by atoms with E-state index in [-0.39, 0.29) is 0 Å². The molecule has 1 spiro atoms. The van der Waals surface area contributed by atoms with Crippen LogP contribution in [0.15, 0.2) is 17.0 Å². The van der Waals surface area contributed by atoms with Gasteiger partial charge >= 0.3 is 0 Å². The van der Waals surface area contributed by atoms with Crippen LogP contribution in [0.3, 0.4) is 0 Å². The van der Waals surface area contributed by atoms with E-state index < -0.39 is 0 Å². The second kappa shape index (κ2) is 6.24. The summed E-state index contributed by atoms with van der Waals surface area (Å²) in [6, 6.07) is 0.759. The predicted molar refractivity (Wildman–Crippen MR) is 95.8 cm³/mol. The average Bonchev–Trinajstić information content (AvgIpc) is 2.88. The summed E-state index contributed by atoms with van der Waals surface area (Å²) in [6.45, 7) is 6.56. The van der Waals surface area contributed by atoms with E-state index in [1.165, 1.54) is 48.1 Å². The van der Waals surface area contributed by atoms with Crippen LogP contribution in [-0.2, 0) is 13.1 Å². The lowest BCUT2D eigenvalue weighted by Gasteiger charge is -2.33. The molecule has 0 unspecified atom stereocenters. The molecular weight excluding hydrogens is 324 g/mol. The highest BCUT2D eigenvalue weighted by atomic mass is 32.1. The van der Waals surface area contributed by atoms with Gasteiger partial charge in [0, 0.05) is 29.5 Å². The zero-order valence-electron chi connectivity index (χ0n) is 13.9. The molecule has 2 aliphatic rings. The molecule has 0 radical (unpaired) electrons. The monoisotopic (exact) mass is 348 g/mol. The second-order valence-corrected chi connectivity index (χ2v) is 9.10. The standard InChI is InChI=1S/C17H24N4S2/c1-13-19-14(12-23-13)10-21-6-3-17(4-7-21)9-15(17)20(2)11-16-18-5-8-22-16/h5,8,12,15H,3-4,6-7,9-11H2,1-2H3/t15-/m0/s1. The van der Waals surface area contributed by atoms with E-state index in [4.69, 9.17) is 0 Å². The number of hydrogen-bond acceptors (Lipinski definition) is 6. The van der Waals surface area contributed by atoms with E-state index in [0.717, 1.165) is 19.1 Å². The third-order valence-electron chi connectivity index (χ3n) is 5.45. The summed E-state index contributed by atoms with van der Waals surface area (Å²) in [6.07, 6.45) is 5.96. The van der Waals surface area contributed by atoms with Crippen LogP contribution in [0.1, 0.15) is 35.0 Å². The van der Waals surface area contributed by atoms with Gasteiger partial charge in [0.05, 0.1) is 17.2 Å². The van der Waals surface area contributed by atoms with Gasteiger partial charge in [-0.25, -0.2) is 9.97 Å². The summed E-state index contributed by atoms with van der Waals surface area (Å²) in [5, 5.41) is 6.71. The van der Waals surface area contributed by atoms with Gasteiger partial charge in [0.15, 0.2) is 0 Å². The quantitative estimate of drug-likeness (QED) is 0.829. The van der Waals surface area contributed by atoms with Crippen molar-refractivity contribution in [3.63, 3.8) is 0 Å². The van der Waals surface area contributed by atoms with Crippen molar-refractivity contribution in [3.8, 4) is 0 Å². The molecule has 3 heterocycles. The van der Waals surface area contributed by atoms with Crippen molar-refractivity contribution in [1.29, 1.82) is 0 Å². The zero-order valence-corrected chi connectivity index (χ0v) is 15.5. The first-order chi connectivity index (χ1) is 11.1. The van der Waals surface area contributed by atoms with Crippen molar-refractivity contribution < 1.29 is 0 Å². The minimum absolute atomic E-state index is 0.584. The molecule has 1 saturated carbocycles. The van der Waals surface area contributed by atoms with E-state index in [1.54, 1.807) is 22.7 Å². The zero-order chi connectivity index (χ0) is 15.9. The molecular formula is C17H24N4S2. The van der Waals surface area contributed by atoms with E-state index >= 15 is 0 Å². The van der Waals surface area contributed by atoms with E-state index in [9.17, 15) is 0 Å². The maximum atomic E-state index is 4.60. The molecule has 23 heavy (non-hydrogen) atoms. The lowest BCUT2D eigenvalue weighted by Crippen LogP contribution is -2.37. The first-order valence-corrected chi connectivity index (χ1v) is 10.1. The Morgan fingerprint density at radius 1 is 1.35 bits per heavy atom. The molecule has 2 aromatic rings. The molecule has 6 heteroatoms. The molecule has 0 amide bonds. The van der Waals surface area contributed by atoms with Crippen molar-refractivity contribution in [1.82, 2.24) is 19.8 Å². The van der Waals surface area contributed by atoms with Gasteiger partial charge in [-0.3, -0.25) is 9.80 Å². The van der Waals surface area contributed by atoms with Crippen molar-refractivity contribution in [2.24, 2.45) is 5.41 Å². The van der Waals surface area contributed by atoms with Crippen molar-refractivity contribution in [3.05, 3.63) is 32.7 Å². The first-order valence-electron chi connectivity index (χ1n) is 8.37. The van der Waals surface area contributed by atoms with Gasteiger partial charge in [-0.05, 0) is 51.7 Å². The highest BCUT2D eigenvalue weighted by Crippen LogP contribution is 2.56. The number of thiazole rings is 2. The van der Waals surface area contributed by atoms with Crippen LogP contribution in [-0.4, -0.2) is 45.9 Å². The molecule has 1 atom stereocenters. The van der Waals surface area contributed by atoms with Gasteiger partial charge in [0.1, 0.15) is 5.01 Å². The lowest BCUT2D eigenvalue weighted by molar-refractivity contribution is 0.138. The maximum Gasteiger partial charge on any atom is 0.107 e. The predicted octanol–water partition coefficient (Wildman–Crippen LogP) is 3.39. The third-order valence-corrected chi connectivity index (χ3v) is 7.04. The second-order valence-electron chi connectivity index (χ2n) is 7.06. The average molecular weight is 349 g/mol. The number of hydrogen-bond donors (Lipinski definition) is 0. The molecule has 124 valence electrons. The fraction of sp³-hybridized carbons (Fsp3) is 0.647. The molecule has 4 nitrogen and oxygen atoms in total. The van der Waals surface area contributed by atoms with Gasteiger partial charge in [-0.1, -0.05) is 0 Å². The van der Waals surface area contributed by atoms with Gasteiger partial charge in [0.25, 0.3) is 0 Å². The fourth-order valence-corrected chi connectivity index (χ4v) is 5.29. The summed E-state index contributed by atoms with van der Waals surface area (Å²) in [5.74, 6) is 0. The Kier molecular flexibility index (Phi) is 4.26. The summed E-state index contributed by atoms with van der Waals surface area (Å²) in [4.78, 5) is 14.1. The van der Waals surface area contributed by atoms with Crippen LogP contribution < -0.4 is 0 Å². The Hall–Kier alpha value is -0.820.